The number of aromatic amines is 1. The zero-order chi connectivity index (χ0) is 49.1. The van der Waals surface area contributed by atoms with E-state index in [1.807, 2.05) is 109 Å². The van der Waals surface area contributed by atoms with Crippen LogP contribution in [0, 0.1) is 0 Å². The van der Waals surface area contributed by atoms with Crippen molar-refractivity contribution in [3.05, 3.63) is 160 Å². The molecule has 1 fully saturated rings. The molecular formula is C55H65N5O8Si. The van der Waals surface area contributed by atoms with E-state index in [4.69, 9.17) is 9.16 Å². The van der Waals surface area contributed by atoms with Gasteiger partial charge in [0, 0.05) is 54.3 Å². The summed E-state index contributed by atoms with van der Waals surface area (Å²) < 4.78 is 12.4. The van der Waals surface area contributed by atoms with Crippen molar-refractivity contribution in [2.75, 3.05) is 16.8 Å². The number of carbonyl (C=O) groups is 3. The third-order valence-electron chi connectivity index (χ3n) is 13.5. The number of phenols is 1. The first-order valence-corrected chi connectivity index (χ1v) is 26.8. The maximum absolute atomic E-state index is 13.2. The first kappa shape index (κ1) is 50.1. The summed E-state index contributed by atoms with van der Waals surface area (Å²) in [6, 6.07) is 39.2. The van der Waals surface area contributed by atoms with Gasteiger partial charge in [-0.05, 0) is 115 Å². The van der Waals surface area contributed by atoms with Crippen molar-refractivity contribution in [1.29, 1.82) is 0 Å². The van der Waals surface area contributed by atoms with Gasteiger partial charge in [-0.3, -0.25) is 14.5 Å². The van der Waals surface area contributed by atoms with E-state index in [-0.39, 0.29) is 53.5 Å². The van der Waals surface area contributed by atoms with Crippen LogP contribution >= 0.6 is 0 Å². The van der Waals surface area contributed by atoms with Crippen LogP contribution in [0.4, 0.5) is 21.0 Å². The average Bonchev–Trinajstić information content (AvgIpc) is 3.32. The SMILES string of the molecule is CC(C)(C)[Si](C)(C)OC(CNCc1ccc(NC(=O)CCCc2ccc(-c3ccccc3)c(N(C(=O)O)C3CCC(NC(=O)OCc4ccccc4)CC3)c2)cc1)c1ccc(O)c2[nH]c(=O)ccc12. The first-order valence-electron chi connectivity index (χ1n) is 23.8. The van der Waals surface area contributed by atoms with Gasteiger partial charge in [0.1, 0.15) is 12.4 Å². The summed E-state index contributed by atoms with van der Waals surface area (Å²) in [7, 11) is -2.24. The van der Waals surface area contributed by atoms with E-state index in [1.165, 1.54) is 11.0 Å². The normalized spacial score (nSPS) is 15.6. The summed E-state index contributed by atoms with van der Waals surface area (Å²) in [4.78, 5) is 55.3. The number of carboxylic acid groups (broad SMARTS) is 1. The second kappa shape index (κ2) is 22.6. The number of carbonyl (C=O) groups excluding carboxylic acids is 2. The number of aromatic hydroxyl groups is 1. The summed E-state index contributed by atoms with van der Waals surface area (Å²) in [5.74, 6) is -0.108. The lowest BCUT2D eigenvalue weighted by molar-refractivity contribution is -0.116. The molecule has 0 bridgehead atoms. The molecular weight excluding hydrogens is 887 g/mol. The highest BCUT2D eigenvalue weighted by atomic mass is 28.4. The molecule has 5 aromatic carbocycles. The van der Waals surface area contributed by atoms with Crippen molar-refractivity contribution in [2.24, 2.45) is 0 Å². The fourth-order valence-electron chi connectivity index (χ4n) is 8.68. The molecule has 7 rings (SSSR count). The Labute approximate surface area is 405 Å². The summed E-state index contributed by atoms with van der Waals surface area (Å²) >= 11 is 0. The fourth-order valence-corrected chi connectivity index (χ4v) is 9.95. The minimum Gasteiger partial charge on any atom is -0.506 e. The predicted molar refractivity (Wildman–Crippen MR) is 275 cm³/mol. The Bertz CT molecular complexity index is 2750. The van der Waals surface area contributed by atoms with Gasteiger partial charge in [-0.25, -0.2) is 9.59 Å². The van der Waals surface area contributed by atoms with Crippen LogP contribution in [0.25, 0.3) is 22.0 Å². The number of phenolic OH excluding ortho intramolecular Hbond substituents is 1. The first-order chi connectivity index (χ1) is 33.0. The van der Waals surface area contributed by atoms with Crippen LogP contribution in [-0.2, 0) is 33.5 Å². The van der Waals surface area contributed by atoms with Crippen molar-refractivity contribution in [3.63, 3.8) is 0 Å². The molecule has 13 nitrogen and oxygen atoms in total. The monoisotopic (exact) mass is 951 g/mol. The molecule has 6 N–H and O–H groups in total. The van der Waals surface area contributed by atoms with Gasteiger partial charge < -0.3 is 40.3 Å². The molecule has 69 heavy (non-hydrogen) atoms. The molecule has 1 aliphatic rings. The molecule has 1 atom stereocenters. The van der Waals surface area contributed by atoms with E-state index in [1.54, 1.807) is 12.1 Å². The summed E-state index contributed by atoms with van der Waals surface area (Å²) in [6.45, 7) is 12.2. The maximum Gasteiger partial charge on any atom is 0.412 e. The lowest BCUT2D eigenvalue weighted by Crippen LogP contribution is -2.46. The van der Waals surface area contributed by atoms with Crippen molar-refractivity contribution < 1.29 is 33.8 Å². The minimum absolute atomic E-state index is 0.00620. The zero-order valence-corrected chi connectivity index (χ0v) is 41.2. The lowest BCUT2D eigenvalue weighted by atomic mass is 9.89. The number of H-pyrrole nitrogens is 1. The van der Waals surface area contributed by atoms with Crippen LogP contribution in [0.15, 0.2) is 132 Å². The number of fused-ring (bicyclic) bond motifs is 1. The van der Waals surface area contributed by atoms with E-state index in [0.29, 0.717) is 68.5 Å². The quantitative estimate of drug-likeness (QED) is 0.0457. The van der Waals surface area contributed by atoms with E-state index in [0.717, 1.165) is 38.8 Å². The number of anilines is 2. The second-order valence-corrected chi connectivity index (χ2v) is 24.2. The van der Waals surface area contributed by atoms with Crippen LogP contribution in [0.5, 0.6) is 5.75 Å². The number of hydrogen-bond acceptors (Lipinski definition) is 8. The molecule has 3 amide bonds. The number of aromatic nitrogens is 1. The topological polar surface area (TPSA) is 182 Å². The number of rotatable bonds is 18. The Hall–Kier alpha value is -6.74. The molecule has 0 saturated heterocycles. The van der Waals surface area contributed by atoms with E-state index in [9.17, 15) is 29.4 Å². The molecule has 1 unspecified atom stereocenters. The Balaban J connectivity index is 0.937. The van der Waals surface area contributed by atoms with Gasteiger partial charge in [0.15, 0.2) is 8.32 Å². The smallest absolute Gasteiger partial charge is 0.412 e. The second-order valence-electron chi connectivity index (χ2n) is 19.5. The molecule has 1 aromatic heterocycles. The standard InChI is InChI=1S/C55H65N5O8Si/c1-55(2,3)69(4,5)68-49(45-29-31-48(61)52-46(45)30-32-51(63)59-52)35-56-34-38-19-22-41(23-20-38)57-50(62)18-12-15-37-21-28-44(40-16-10-7-11-17-40)47(33-37)60(54(65)66)43-26-24-42(25-27-43)58-53(64)67-36-39-13-8-6-9-14-39/h6-11,13-14,16-17,19-23,28-33,42-43,49,56,61H,12,15,18,24-27,34-36H2,1-5H3,(H,57,62)(H,58,64)(H,59,63)(H,65,66). The summed E-state index contributed by atoms with van der Waals surface area (Å²) in [5, 5.41) is 31.5. The van der Waals surface area contributed by atoms with Crippen molar-refractivity contribution >= 4 is 48.7 Å². The molecule has 362 valence electrons. The number of benzene rings is 5. The number of nitrogens with one attached hydrogen (secondary N) is 4. The predicted octanol–water partition coefficient (Wildman–Crippen LogP) is 11.4. The van der Waals surface area contributed by atoms with Crippen LogP contribution in [0.1, 0.15) is 87.7 Å². The molecule has 6 aromatic rings. The molecule has 0 spiro atoms. The number of ether oxygens (including phenoxy) is 1. The Morgan fingerprint density at radius 1 is 0.826 bits per heavy atom. The van der Waals surface area contributed by atoms with Gasteiger partial charge >= 0.3 is 12.2 Å². The largest absolute Gasteiger partial charge is 0.506 e. The summed E-state index contributed by atoms with van der Waals surface area (Å²) in [5.41, 5.74) is 6.85. The van der Waals surface area contributed by atoms with Crippen molar-refractivity contribution in [2.45, 2.75) is 115 Å². The third kappa shape index (κ3) is 13.3. The molecule has 1 heterocycles. The molecule has 0 aliphatic heterocycles. The van der Waals surface area contributed by atoms with Crippen LogP contribution in [0.2, 0.25) is 18.1 Å². The zero-order valence-electron chi connectivity index (χ0n) is 40.2. The number of alkyl carbamates (subject to hydrolysis) is 1. The third-order valence-corrected chi connectivity index (χ3v) is 18.0. The number of aryl methyl sites for hydroxylation is 1. The Morgan fingerprint density at radius 2 is 1.51 bits per heavy atom. The van der Waals surface area contributed by atoms with Gasteiger partial charge in [0.2, 0.25) is 11.5 Å². The summed E-state index contributed by atoms with van der Waals surface area (Å²) in [6.07, 6.45) is 1.93. The van der Waals surface area contributed by atoms with Crippen LogP contribution in [-0.4, -0.2) is 60.2 Å². The van der Waals surface area contributed by atoms with Gasteiger partial charge in [0.05, 0.1) is 17.3 Å². The molecule has 14 heteroatoms. The fraction of sp³-hybridized carbons (Fsp3) is 0.345. The van der Waals surface area contributed by atoms with Gasteiger partial charge in [-0.1, -0.05) is 112 Å². The number of pyridine rings is 1. The van der Waals surface area contributed by atoms with Crippen LogP contribution < -0.4 is 26.4 Å². The van der Waals surface area contributed by atoms with Crippen LogP contribution in [0.3, 0.4) is 0 Å². The van der Waals surface area contributed by atoms with E-state index < -0.39 is 20.5 Å². The van der Waals surface area contributed by atoms with Gasteiger partial charge in [0.25, 0.3) is 0 Å². The number of hydrogen-bond donors (Lipinski definition) is 6. The van der Waals surface area contributed by atoms with Gasteiger partial charge in [-0.15, -0.1) is 0 Å². The Morgan fingerprint density at radius 3 is 2.19 bits per heavy atom. The highest BCUT2D eigenvalue weighted by molar-refractivity contribution is 6.74. The van der Waals surface area contributed by atoms with Crippen molar-refractivity contribution in [3.8, 4) is 16.9 Å². The highest BCUT2D eigenvalue weighted by Crippen LogP contribution is 2.41. The molecule has 0 radical (unpaired) electrons. The average molecular weight is 952 g/mol. The van der Waals surface area contributed by atoms with Crippen molar-refractivity contribution in [1.82, 2.24) is 15.6 Å². The number of amides is 3. The van der Waals surface area contributed by atoms with Gasteiger partial charge in [-0.2, -0.15) is 0 Å². The number of nitrogens with zero attached hydrogens (tertiary/aromatic N) is 1. The minimum atomic E-state index is -2.24. The van der Waals surface area contributed by atoms with E-state index in [2.05, 4.69) is 54.8 Å². The molecule has 1 aliphatic carbocycles. The lowest BCUT2D eigenvalue weighted by Gasteiger charge is -2.39. The molecule has 1 saturated carbocycles. The Kier molecular flexibility index (Phi) is 16.4. The highest BCUT2D eigenvalue weighted by Gasteiger charge is 2.40. The van der Waals surface area contributed by atoms with E-state index >= 15 is 0 Å². The maximum atomic E-state index is 13.2.